The molecule has 4 rings (SSSR count). The third-order valence-electron chi connectivity index (χ3n) is 4.33. The number of nitrogens with one attached hydrogen (secondary N) is 2. The van der Waals surface area contributed by atoms with E-state index in [0.717, 1.165) is 0 Å². The van der Waals surface area contributed by atoms with Gasteiger partial charge in [-0.25, -0.2) is 13.4 Å². The van der Waals surface area contributed by atoms with E-state index in [1.54, 1.807) is 48.5 Å². The predicted molar refractivity (Wildman–Crippen MR) is 123 cm³/mol. The molecule has 31 heavy (non-hydrogen) atoms. The van der Waals surface area contributed by atoms with Crippen molar-refractivity contribution in [1.29, 1.82) is 0 Å². The standard InChI is InChI=1S/C21H16ClN3O4S2/c1-29-17-11-10-16(22)19-18(17)23-21(30-19)24-20(26)13-6-5-7-14(12-13)25-31(27,28)15-8-3-2-4-9-15/h2-12,25H,1H3,(H,23,24,26). The molecule has 0 fully saturated rings. The Bertz CT molecular complexity index is 1370. The number of fused-ring (bicyclic) bond motifs is 1. The Kier molecular flexibility index (Phi) is 5.81. The number of anilines is 2. The van der Waals surface area contributed by atoms with Gasteiger partial charge in [-0.05, 0) is 42.5 Å². The zero-order valence-corrected chi connectivity index (χ0v) is 18.5. The van der Waals surface area contributed by atoms with Gasteiger partial charge in [0.25, 0.3) is 15.9 Å². The van der Waals surface area contributed by atoms with E-state index < -0.39 is 15.9 Å². The van der Waals surface area contributed by atoms with Gasteiger partial charge in [-0.3, -0.25) is 14.8 Å². The first-order valence-corrected chi connectivity index (χ1v) is 11.7. The molecule has 0 aliphatic heterocycles. The van der Waals surface area contributed by atoms with Crippen molar-refractivity contribution < 1.29 is 17.9 Å². The van der Waals surface area contributed by atoms with Gasteiger partial charge in [0.2, 0.25) is 0 Å². The van der Waals surface area contributed by atoms with E-state index in [4.69, 9.17) is 16.3 Å². The Morgan fingerprint density at radius 1 is 1.06 bits per heavy atom. The third kappa shape index (κ3) is 4.48. The molecule has 0 bridgehead atoms. The molecule has 4 aromatic rings. The van der Waals surface area contributed by atoms with Gasteiger partial charge in [-0.1, -0.05) is 47.2 Å². The summed E-state index contributed by atoms with van der Waals surface area (Å²) in [4.78, 5) is 17.3. The van der Waals surface area contributed by atoms with Crippen LogP contribution in [0.15, 0.2) is 71.6 Å². The maximum Gasteiger partial charge on any atom is 0.261 e. The van der Waals surface area contributed by atoms with Crippen LogP contribution in [-0.2, 0) is 10.0 Å². The van der Waals surface area contributed by atoms with Crippen LogP contribution in [0, 0.1) is 0 Å². The Labute approximate surface area is 187 Å². The molecule has 0 aliphatic rings. The summed E-state index contributed by atoms with van der Waals surface area (Å²) in [5.74, 6) is 0.114. The summed E-state index contributed by atoms with van der Waals surface area (Å²) in [5, 5.41) is 3.58. The van der Waals surface area contributed by atoms with Crippen molar-refractivity contribution in [3.05, 3.63) is 77.3 Å². The summed E-state index contributed by atoms with van der Waals surface area (Å²) >= 11 is 7.44. The summed E-state index contributed by atoms with van der Waals surface area (Å²) in [7, 11) is -2.23. The Hall–Kier alpha value is -3.14. The van der Waals surface area contributed by atoms with Crippen molar-refractivity contribution in [3.63, 3.8) is 0 Å². The lowest BCUT2D eigenvalue weighted by Gasteiger charge is -2.09. The lowest BCUT2D eigenvalue weighted by molar-refractivity contribution is 0.102. The molecule has 0 radical (unpaired) electrons. The highest BCUT2D eigenvalue weighted by Crippen LogP contribution is 2.37. The van der Waals surface area contributed by atoms with Crippen LogP contribution in [0.1, 0.15) is 10.4 Å². The lowest BCUT2D eigenvalue weighted by Crippen LogP contribution is -2.15. The van der Waals surface area contributed by atoms with Crippen molar-refractivity contribution in [2.24, 2.45) is 0 Å². The zero-order valence-electron chi connectivity index (χ0n) is 16.1. The molecule has 7 nitrogen and oxygen atoms in total. The second-order valence-electron chi connectivity index (χ2n) is 6.40. The number of thiazole rings is 1. The average molecular weight is 474 g/mol. The quantitative estimate of drug-likeness (QED) is 0.410. The number of sulfonamides is 1. The maximum absolute atomic E-state index is 12.7. The largest absolute Gasteiger partial charge is 0.494 e. The number of ether oxygens (including phenoxy) is 1. The smallest absolute Gasteiger partial charge is 0.261 e. The fourth-order valence-corrected chi connectivity index (χ4v) is 5.10. The molecule has 158 valence electrons. The van der Waals surface area contributed by atoms with Crippen LogP contribution in [0.3, 0.4) is 0 Å². The summed E-state index contributed by atoms with van der Waals surface area (Å²) in [6.07, 6.45) is 0. The van der Waals surface area contributed by atoms with Gasteiger partial charge < -0.3 is 4.74 Å². The first-order chi connectivity index (χ1) is 14.9. The van der Waals surface area contributed by atoms with Gasteiger partial charge in [0.15, 0.2) is 5.13 Å². The number of benzene rings is 3. The SMILES string of the molecule is COc1ccc(Cl)c2sc(NC(=O)c3cccc(NS(=O)(=O)c4ccccc4)c3)nc12. The second-order valence-corrected chi connectivity index (χ2v) is 9.49. The van der Waals surface area contributed by atoms with E-state index in [1.807, 2.05) is 0 Å². The van der Waals surface area contributed by atoms with Gasteiger partial charge in [0.05, 0.1) is 21.7 Å². The molecule has 0 unspecified atom stereocenters. The molecule has 0 aliphatic carbocycles. The topological polar surface area (TPSA) is 97.4 Å². The molecule has 10 heteroatoms. The first-order valence-electron chi connectivity index (χ1n) is 9.00. The van der Waals surface area contributed by atoms with E-state index in [0.29, 0.717) is 26.1 Å². The normalized spacial score (nSPS) is 11.3. The molecule has 2 N–H and O–H groups in total. The number of hydrogen-bond donors (Lipinski definition) is 2. The van der Waals surface area contributed by atoms with Crippen molar-refractivity contribution in [1.82, 2.24) is 4.98 Å². The minimum absolute atomic E-state index is 0.130. The summed E-state index contributed by atoms with van der Waals surface area (Å²) < 4.78 is 33.5. The highest BCUT2D eigenvalue weighted by atomic mass is 35.5. The second kappa shape index (κ2) is 8.54. The lowest BCUT2D eigenvalue weighted by atomic mass is 10.2. The molecule has 3 aromatic carbocycles. The van der Waals surface area contributed by atoms with Crippen LogP contribution in [0.4, 0.5) is 10.8 Å². The van der Waals surface area contributed by atoms with E-state index >= 15 is 0 Å². The molecule has 0 atom stereocenters. The highest BCUT2D eigenvalue weighted by Gasteiger charge is 2.17. The Balaban J connectivity index is 1.56. The summed E-state index contributed by atoms with van der Waals surface area (Å²) in [5.41, 5.74) is 1.09. The molecular formula is C21H16ClN3O4S2. The minimum atomic E-state index is -3.77. The molecule has 1 aromatic heterocycles. The fraction of sp³-hybridized carbons (Fsp3) is 0.0476. The summed E-state index contributed by atoms with van der Waals surface area (Å²) in [6, 6.07) is 17.6. The number of nitrogens with zero attached hydrogens (tertiary/aromatic N) is 1. The van der Waals surface area contributed by atoms with Crippen molar-refractivity contribution in [2.75, 3.05) is 17.1 Å². The zero-order chi connectivity index (χ0) is 22.0. The van der Waals surface area contributed by atoms with Crippen molar-refractivity contribution in [2.45, 2.75) is 4.90 Å². The Morgan fingerprint density at radius 3 is 2.58 bits per heavy atom. The van der Waals surface area contributed by atoms with Crippen LogP contribution in [0.25, 0.3) is 10.2 Å². The number of carbonyl (C=O) groups is 1. The number of methoxy groups -OCH3 is 1. The number of halogens is 1. The molecule has 0 spiro atoms. The maximum atomic E-state index is 12.7. The monoisotopic (exact) mass is 473 g/mol. The van der Waals surface area contributed by atoms with E-state index in [9.17, 15) is 13.2 Å². The Morgan fingerprint density at radius 2 is 1.84 bits per heavy atom. The van der Waals surface area contributed by atoms with Gasteiger partial charge in [0, 0.05) is 11.3 Å². The van der Waals surface area contributed by atoms with Crippen LogP contribution in [0.5, 0.6) is 5.75 Å². The van der Waals surface area contributed by atoms with E-state index in [-0.39, 0.29) is 16.1 Å². The number of aromatic nitrogens is 1. The number of amides is 1. The van der Waals surface area contributed by atoms with Gasteiger partial charge >= 0.3 is 0 Å². The van der Waals surface area contributed by atoms with Crippen molar-refractivity contribution in [3.8, 4) is 5.75 Å². The van der Waals surface area contributed by atoms with Crippen LogP contribution in [-0.4, -0.2) is 26.4 Å². The molecular weight excluding hydrogens is 458 g/mol. The first kappa shape index (κ1) is 21.1. The number of hydrogen-bond acceptors (Lipinski definition) is 6. The minimum Gasteiger partial charge on any atom is -0.494 e. The van der Waals surface area contributed by atoms with Crippen LogP contribution >= 0.6 is 22.9 Å². The van der Waals surface area contributed by atoms with Crippen LogP contribution in [0.2, 0.25) is 5.02 Å². The molecule has 0 saturated carbocycles. The highest BCUT2D eigenvalue weighted by molar-refractivity contribution is 7.92. The van der Waals surface area contributed by atoms with Crippen molar-refractivity contribution >= 4 is 59.9 Å². The van der Waals surface area contributed by atoms with Gasteiger partial charge in [-0.2, -0.15) is 0 Å². The molecule has 1 heterocycles. The predicted octanol–water partition coefficient (Wildman–Crippen LogP) is 5.01. The van der Waals surface area contributed by atoms with Crippen LogP contribution < -0.4 is 14.8 Å². The fourth-order valence-electron chi connectivity index (χ4n) is 2.88. The summed E-state index contributed by atoms with van der Waals surface area (Å²) in [6.45, 7) is 0. The molecule has 0 saturated heterocycles. The van der Waals surface area contributed by atoms with E-state index in [1.165, 1.54) is 36.6 Å². The molecule has 1 amide bonds. The average Bonchev–Trinajstić information content (AvgIpc) is 3.19. The third-order valence-corrected chi connectivity index (χ3v) is 7.16. The number of rotatable bonds is 6. The van der Waals surface area contributed by atoms with Gasteiger partial charge in [0.1, 0.15) is 11.3 Å². The van der Waals surface area contributed by atoms with Gasteiger partial charge in [-0.15, -0.1) is 0 Å². The van der Waals surface area contributed by atoms with E-state index in [2.05, 4.69) is 15.0 Å². The number of carbonyl (C=O) groups excluding carboxylic acids is 1.